The summed E-state index contributed by atoms with van der Waals surface area (Å²) in [5, 5.41) is 0.365. The van der Waals surface area contributed by atoms with Gasteiger partial charge in [-0.1, -0.05) is 28.1 Å². The molecule has 76 valence electrons. The van der Waals surface area contributed by atoms with Crippen molar-refractivity contribution in [2.24, 2.45) is 0 Å². The van der Waals surface area contributed by atoms with Crippen LogP contribution in [0.2, 0.25) is 0 Å². The molecule has 0 aromatic heterocycles. The highest BCUT2D eigenvalue weighted by Gasteiger charge is 2.08. The van der Waals surface area contributed by atoms with Gasteiger partial charge in [0, 0.05) is 18.0 Å². The molecule has 0 aliphatic carbocycles. The number of halogens is 2. The minimum atomic E-state index is 0.127. The Morgan fingerprint density at radius 2 is 2.21 bits per heavy atom. The number of nitrogens with two attached hydrogens (primary N) is 1. The van der Waals surface area contributed by atoms with Crippen molar-refractivity contribution in [3.63, 3.8) is 0 Å². The zero-order valence-electron chi connectivity index (χ0n) is 7.59. The third kappa shape index (κ3) is 2.72. The number of rotatable bonds is 4. The third-order valence-electron chi connectivity index (χ3n) is 1.98. The predicted octanol–water partition coefficient (Wildman–Crippen LogP) is 2.51. The molecular weight excluding hydrogens is 265 g/mol. The Balaban J connectivity index is 2.96. The van der Waals surface area contributed by atoms with E-state index in [1.54, 1.807) is 6.07 Å². The average Bonchev–Trinajstić information content (AvgIpc) is 2.18. The van der Waals surface area contributed by atoms with Crippen molar-refractivity contribution in [3.8, 4) is 0 Å². The zero-order valence-corrected chi connectivity index (χ0v) is 9.94. The van der Waals surface area contributed by atoms with Crippen LogP contribution in [0.4, 0.5) is 5.69 Å². The molecule has 0 bridgehead atoms. The molecule has 0 fully saturated rings. The minimum absolute atomic E-state index is 0.127. The Bertz CT molecular complexity index is 341. The molecule has 0 saturated heterocycles. The summed E-state index contributed by atoms with van der Waals surface area (Å²) >= 11 is 8.88. The van der Waals surface area contributed by atoms with E-state index < -0.39 is 0 Å². The summed E-state index contributed by atoms with van der Waals surface area (Å²) in [6.07, 6.45) is 0.387. The van der Waals surface area contributed by atoms with Crippen LogP contribution in [-0.2, 0) is 17.1 Å². The maximum atomic E-state index is 11.2. The van der Waals surface area contributed by atoms with Gasteiger partial charge < -0.3 is 5.73 Å². The molecule has 0 saturated carbocycles. The van der Waals surface area contributed by atoms with E-state index in [2.05, 4.69) is 15.9 Å². The van der Waals surface area contributed by atoms with Gasteiger partial charge in [0.25, 0.3) is 0 Å². The van der Waals surface area contributed by atoms with Gasteiger partial charge in [-0.05, 0) is 17.2 Å². The van der Waals surface area contributed by atoms with Crippen LogP contribution in [0.15, 0.2) is 18.2 Å². The first-order valence-corrected chi connectivity index (χ1v) is 5.84. The summed E-state index contributed by atoms with van der Waals surface area (Å²) < 4.78 is 0. The Hall–Kier alpha value is -0.540. The molecular formula is C10H11BrClNO. The van der Waals surface area contributed by atoms with Gasteiger partial charge in [-0.3, -0.25) is 4.79 Å². The standard InChI is InChI=1S/C10H11BrClNO/c11-5-8(14)4-7-2-1-3-10(13)9(7)6-12/h1-3H,4-6,13H2. The number of ketones is 1. The Morgan fingerprint density at radius 1 is 1.50 bits per heavy atom. The van der Waals surface area contributed by atoms with Crippen LogP contribution < -0.4 is 5.73 Å². The molecule has 2 N–H and O–H groups in total. The van der Waals surface area contributed by atoms with E-state index in [-0.39, 0.29) is 5.78 Å². The summed E-state index contributed by atoms with van der Waals surface area (Å²) in [4.78, 5) is 11.2. The third-order valence-corrected chi connectivity index (χ3v) is 2.87. The molecule has 0 aliphatic heterocycles. The van der Waals surface area contributed by atoms with Gasteiger partial charge >= 0.3 is 0 Å². The first kappa shape index (κ1) is 11.5. The van der Waals surface area contributed by atoms with E-state index >= 15 is 0 Å². The van der Waals surface area contributed by atoms with Gasteiger partial charge in [-0.2, -0.15) is 0 Å². The Morgan fingerprint density at radius 3 is 2.79 bits per heavy atom. The van der Waals surface area contributed by atoms with Crippen LogP contribution in [0.1, 0.15) is 11.1 Å². The number of hydrogen-bond acceptors (Lipinski definition) is 2. The fraction of sp³-hybridized carbons (Fsp3) is 0.300. The second-order valence-corrected chi connectivity index (χ2v) is 3.80. The van der Waals surface area contributed by atoms with Gasteiger partial charge in [-0.15, -0.1) is 11.6 Å². The lowest BCUT2D eigenvalue weighted by molar-refractivity contribution is -0.115. The summed E-state index contributed by atoms with van der Waals surface area (Å²) in [5.74, 6) is 0.472. The summed E-state index contributed by atoms with van der Waals surface area (Å²) in [5.41, 5.74) is 8.18. The van der Waals surface area contributed by atoms with Gasteiger partial charge in [0.05, 0.1) is 5.33 Å². The number of Topliss-reactive ketones (excluding diaryl/α,β-unsaturated/α-hetero) is 1. The molecule has 4 heteroatoms. The highest BCUT2D eigenvalue weighted by Crippen LogP contribution is 2.20. The normalized spacial score (nSPS) is 10.1. The van der Waals surface area contributed by atoms with Gasteiger partial charge in [0.15, 0.2) is 0 Å². The molecule has 1 rings (SSSR count). The number of carbonyl (C=O) groups excluding carboxylic acids is 1. The molecule has 0 heterocycles. The highest BCUT2D eigenvalue weighted by atomic mass is 79.9. The molecule has 0 spiro atoms. The maximum absolute atomic E-state index is 11.2. The number of alkyl halides is 2. The topological polar surface area (TPSA) is 43.1 Å². The van der Waals surface area contributed by atoms with Crippen molar-refractivity contribution < 1.29 is 4.79 Å². The lowest BCUT2D eigenvalue weighted by atomic mass is 10.0. The van der Waals surface area contributed by atoms with Crippen molar-refractivity contribution in [2.45, 2.75) is 12.3 Å². The Kier molecular flexibility index (Phi) is 4.42. The number of carbonyl (C=O) groups is 1. The van der Waals surface area contributed by atoms with E-state index in [1.165, 1.54) is 0 Å². The molecule has 0 aliphatic rings. The number of benzene rings is 1. The van der Waals surface area contributed by atoms with E-state index in [0.717, 1.165) is 11.1 Å². The molecule has 0 amide bonds. The lowest BCUT2D eigenvalue weighted by Crippen LogP contribution is -2.07. The van der Waals surface area contributed by atoms with Crippen molar-refractivity contribution in [1.29, 1.82) is 0 Å². The summed E-state index contributed by atoms with van der Waals surface area (Å²) in [6, 6.07) is 5.51. The van der Waals surface area contributed by atoms with Gasteiger partial charge in [0.2, 0.25) is 0 Å². The largest absolute Gasteiger partial charge is 0.398 e. The van der Waals surface area contributed by atoms with E-state index in [1.807, 2.05) is 12.1 Å². The predicted molar refractivity (Wildman–Crippen MR) is 62.9 cm³/mol. The van der Waals surface area contributed by atoms with Crippen molar-refractivity contribution in [3.05, 3.63) is 29.3 Å². The number of anilines is 1. The minimum Gasteiger partial charge on any atom is -0.398 e. The molecule has 0 atom stereocenters. The summed E-state index contributed by atoms with van der Waals surface area (Å²) in [7, 11) is 0. The Labute approximate surface area is 96.6 Å². The highest BCUT2D eigenvalue weighted by molar-refractivity contribution is 9.09. The fourth-order valence-electron chi connectivity index (χ4n) is 1.24. The molecule has 14 heavy (non-hydrogen) atoms. The van der Waals surface area contributed by atoms with Crippen molar-refractivity contribution in [2.75, 3.05) is 11.1 Å². The second-order valence-electron chi connectivity index (χ2n) is 2.97. The van der Waals surface area contributed by atoms with Gasteiger partial charge in [-0.25, -0.2) is 0 Å². The average molecular weight is 277 g/mol. The second kappa shape index (κ2) is 5.37. The van der Waals surface area contributed by atoms with E-state index in [0.29, 0.717) is 23.3 Å². The van der Waals surface area contributed by atoms with Crippen LogP contribution in [0.3, 0.4) is 0 Å². The molecule has 1 aromatic carbocycles. The molecule has 0 radical (unpaired) electrons. The van der Waals surface area contributed by atoms with Crippen molar-refractivity contribution >= 4 is 39.0 Å². The number of nitrogen functional groups attached to an aromatic ring is 1. The van der Waals surface area contributed by atoms with E-state index in [4.69, 9.17) is 17.3 Å². The zero-order chi connectivity index (χ0) is 10.6. The molecule has 2 nitrogen and oxygen atoms in total. The van der Waals surface area contributed by atoms with Crippen molar-refractivity contribution in [1.82, 2.24) is 0 Å². The molecule has 1 aromatic rings. The number of hydrogen-bond donors (Lipinski definition) is 1. The van der Waals surface area contributed by atoms with Crippen LogP contribution in [0.5, 0.6) is 0 Å². The fourth-order valence-corrected chi connectivity index (χ4v) is 1.77. The van der Waals surface area contributed by atoms with E-state index in [9.17, 15) is 4.79 Å². The first-order valence-electron chi connectivity index (χ1n) is 4.19. The van der Waals surface area contributed by atoms with Crippen LogP contribution in [0, 0.1) is 0 Å². The van der Waals surface area contributed by atoms with Crippen LogP contribution in [-0.4, -0.2) is 11.1 Å². The smallest absolute Gasteiger partial charge is 0.147 e. The monoisotopic (exact) mass is 275 g/mol. The molecule has 0 unspecified atom stereocenters. The van der Waals surface area contributed by atoms with Crippen LogP contribution >= 0.6 is 27.5 Å². The lowest BCUT2D eigenvalue weighted by Gasteiger charge is -2.08. The SMILES string of the molecule is Nc1cccc(CC(=O)CBr)c1CCl. The summed E-state index contributed by atoms with van der Waals surface area (Å²) in [6.45, 7) is 0. The quantitative estimate of drug-likeness (QED) is 0.678. The van der Waals surface area contributed by atoms with Gasteiger partial charge in [0.1, 0.15) is 5.78 Å². The first-order chi connectivity index (χ1) is 6.69. The maximum Gasteiger partial charge on any atom is 0.147 e. The van der Waals surface area contributed by atoms with Crippen LogP contribution in [0.25, 0.3) is 0 Å².